The molecule has 18 heavy (non-hydrogen) atoms. The molecule has 1 aromatic rings. The van der Waals surface area contributed by atoms with Crippen molar-refractivity contribution in [1.29, 1.82) is 5.26 Å². The molecule has 1 saturated heterocycles. The quantitative estimate of drug-likeness (QED) is 0.887. The van der Waals surface area contributed by atoms with E-state index >= 15 is 0 Å². The van der Waals surface area contributed by atoms with Gasteiger partial charge in [0.15, 0.2) is 0 Å². The summed E-state index contributed by atoms with van der Waals surface area (Å²) in [5.74, 6) is 0. The first kappa shape index (κ1) is 13.1. The molecule has 1 fully saturated rings. The summed E-state index contributed by atoms with van der Waals surface area (Å²) in [5, 5.41) is 18.9. The molecule has 1 unspecified atom stereocenters. The Morgan fingerprint density at radius 2 is 2.06 bits per heavy atom. The van der Waals surface area contributed by atoms with Crippen LogP contribution in [0.2, 0.25) is 0 Å². The number of nitriles is 1. The normalized spacial score (nSPS) is 20.6. The predicted octanol–water partition coefficient (Wildman–Crippen LogP) is 2.32. The number of aliphatic hydroxyl groups is 1. The van der Waals surface area contributed by atoms with Crippen molar-refractivity contribution in [2.75, 3.05) is 19.6 Å². The third kappa shape index (κ3) is 3.10. The topological polar surface area (TPSA) is 47.3 Å². The average molecular weight is 244 g/mol. The van der Waals surface area contributed by atoms with Crippen molar-refractivity contribution in [1.82, 2.24) is 4.90 Å². The highest BCUT2D eigenvalue weighted by molar-refractivity contribution is 5.32. The van der Waals surface area contributed by atoms with Gasteiger partial charge in [0.05, 0.1) is 17.7 Å². The van der Waals surface area contributed by atoms with E-state index in [1.54, 1.807) is 12.1 Å². The lowest BCUT2D eigenvalue weighted by atomic mass is 9.93. The van der Waals surface area contributed by atoms with Crippen LogP contribution >= 0.6 is 0 Å². The van der Waals surface area contributed by atoms with Gasteiger partial charge in [0.1, 0.15) is 0 Å². The van der Waals surface area contributed by atoms with Gasteiger partial charge in [-0.25, -0.2) is 0 Å². The first-order chi connectivity index (χ1) is 8.50. The highest BCUT2D eigenvalue weighted by Gasteiger charge is 2.30. The van der Waals surface area contributed by atoms with Crippen LogP contribution in [-0.4, -0.2) is 29.6 Å². The third-order valence-electron chi connectivity index (χ3n) is 3.61. The number of aliphatic hydroxyl groups excluding tert-OH is 1. The summed E-state index contributed by atoms with van der Waals surface area (Å²) < 4.78 is 0. The van der Waals surface area contributed by atoms with Gasteiger partial charge in [-0.15, -0.1) is 0 Å². The number of hydrogen-bond donors (Lipinski definition) is 1. The maximum Gasteiger partial charge on any atom is 0.0991 e. The summed E-state index contributed by atoms with van der Waals surface area (Å²) in [4.78, 5) is 2.31. The zero-order valence-electron chi connectivity index (χ0n) is 11.1. The Morgan fingerprint density at radius 3 is 2.56 bits per heavy atom. The second-order valence-corrected chi connectivity index (χ2v) is 5.90. The lowest BCUT2D eigenvalue weighted by Crippen LogP contribution is -2.28. The van der Waals surface area contributed by atoms with E-state index in [0.717, 1.165) is 18.7 Å². The summed E-state index contributed by atoms with van der Waals surface area (Å²) in [6, 6.07) is 9.27. The van der Waals surface area contributed by atoms with Crippen molar-refractivity contribution in [3.63, 3.8) is 0 Å². The minimum atomic E-state index is -0.466. The van der Waals surface area contributed by atoms with Gasteiger partial charge in [-0.1, -0.05) is 26.0 Å². The standard InChI is InChI=1S/C15H20N2O/c1-15(2)7-8-17(11-15)10-14(18)13-5-3-12(9-16)4-6-13/h3-6,14,18H,7-8,10-11H2,1-2H3. The zero-order valence-corrected chi connectivity index (χ0v) is 11.1. The van der Waals surface area contributed by atoms with Crippen LogP contribution in [0.25, 0.3) is 0 Å². The fraction of sp³-hybridized carbons (Fsp3) is 0.533. The van der Waals surface area contributed by atoms with E-state index in [9.17, 15) is 5.11 Å². The van der Waals surface area contributed by atoms with E-state index < -0.39 is 6.10 Å². The molecule has 96 valence electrons. The second kappa shape index (κ2) is 5.09. The molecule has 0 spiro atoms. The van der Waals surface area contributed by atoms with Crippen LogP contribution in [0, 0.1) is 16.7 Å². The van der Waals surface area contributed by atoms with Crippen molar-refractivity contribution < 1.29 is 5.11 Å². The van der Waals surface area contributed by atoms with Crippen molar-refractivity contribution in [2.45, 2.75) is 26.4 Å². The molecule has 1 N–H and O–H groups in total. The Bertz CT molecular complexity index is 445. The summed E-state index contributed by atoms with van der Waals surface area (Å²) in [6.45, 7) is 7.30. The highest BCUT2D eigenvalue weighted by atomic mass is 16.3. The SMILES string of the molecule is CC1(C)CCN(CC(O)c2ccc(C#N)cc2)C1. The number of benzene rings is 1. The predicted molar refractivity (Wildman–Crippen MR) is 71.0 cm³/mol. The molecule has 0 aromatic heterocycles. The van der Waals surface area contributed by atoms with Crippen molar-refractivity contribution in [3.8, 4) is 6.07 Å². The largest absolute Gasteiger partial charge is 0.387 e. The van der Waals surface area contributed by atoms with Crippen LogP contribution < -0.4 is 0 Å². The molecule has 1 atom stereocenters. The van der Waals surface area contributed by atoms with Crippen molar-refractivity contribution in [2.24, 2.45) is 5.41 Å². The second-order valence-electron chi connectivity index (χ2n) is 5.90. The van der Waals surface area contributed by atoms with Crippen LogP contribution in [0.3, 0.4) is 0 Å². The molecule has 1 aliphatic rings. The van der Waals surface area contributed by atoms with Crippen LogP contribution in [0.15, 0.2) is 24.3 Å². The average Bonchev–Trinajstić information content (AvgIpc) is 2.68. The Labute approximate surface area is 109 Å². The number of nitrogens with zero attached hydrogens (tertiary/aromatic N) is 2. The minimum Gasteiger partial charge on any atom is -0.387 e. The Hall–Kier alpha value is -1.37. The molecule has 0 bridgehead atoms. The van der Waals surface area contributed by atoms with E-state index in [0.29, 0.717) is 17.5 Å². The van der Waals surface area contributed by atoms with Gasteiger partial charge < -0.3 is 5.11 Å². The van der Waals surface area contributed by atoms with E-state index in [1.807, 2.05) is 12.1 Å². The molecule has 2 rings (SSSR count). The van der Waals surface area contributed by atoms with Crippen molar-refractivity contribution in [3.05, 3.63) is 35.4 Å². The molecule has 1 heterocycles. The van der Waals surface area contributed by atoms with Gasteiger partial charge in [0, 0.05) is 13.1 Å². The van der Waals surface area contributed by atoms with Gasteiger partial charge in [0.2, 0.25) is 0 Å². The van der Waals surface area contributed by atoms with Gasteiger partial charge in [-0.3, -0.25) is 4.90 Å². The monoisotopic (exact) mass is 244 g/mol. The summed E-state index contributed by atoms with van der Waals surface area (Å²) >= 11 is 0. The summed E-state index contributed by atoms with van der Waals surface area (Å²) in [5.41, 5.74) is 1.89. The van der Waals surface area contributed by atoms with E-state index in [4.69, 9.17) is 5.26 Å². The fourth-order valence-corrected chi connectivity index (χ4v) is 2.51. The first-order valence-corrected chi connectivity index (χ1v) is 6.41. The lowest BCUT2D eigenvalue weighted by molar-refractivity contribution is 0.121. The molecular weight excluding hydrogens is 224 g/mol. The van der Waals surface area contributed by atoms with Crippen LogP contribution in [0.1, 0.15) is 37.5 Å². The Balaban J connectivity index is 1.95. The van der Waals surface area contributed by atoms with Crippen LogP contribution in [0.4, 0.5) is 0 Å². The Morgan fingerprint density at radius 1 is 1.39 bits per heavy atom. The smallest absolute Gasteiger partial charge is 0.0991 e. The molecule has 0 radical (unpaired) electrons. The van der Waals surface area contributed by atoms with Gasteiger partial charge in [0.25, 0.3) is 0 Å². The molecular formula is C15H20N2O. The van der Waals surface area contributed by atoms with Crippen LogP contribution in [0.5, 0.6) is 0 Å². The van der Waals surface area contributed by atoms with Crippen LogP contribution in [-0.2, 0) is 0 Å². The molecule has 3 heteroatoms. The number of hydrogen-bond acceptors (Lipinski definition) is 3. The minimum absolute atomic E-state index is 0.365. The summed E-state index contributed by atoms with van der Waals surface area (Å²) in [7, 11) is 0. The molecule has 1 aliphatic heterocycles. The molecule has 0 saturated carbocycles. The lowest BCUT2D eigenvalue weighted by Gasteiger charge is -2.22. The third-order valence-corrected chi connectivity index (χ3v) is 3.61. The number of likely N-dealkylation sites (tertiary alicyclic amines) is 1. The van der Waals surface area contributed by atoms with E-state index in [-0.39, 0.29) is 0 Å². The highest BCUT2D eigenvalue weighted by Crippen LogP contribution is 2.30. The summed E-state index contributed by atoms with van der Waals surface area (Å²) in [6.07, 6.45) is 0.722. The first-order valence-electron chi connectivity index (χ1n) is 6.41. The van der Waals surface area contributed by atoms with Crippen molar-refractivity contribution >= 4 is 0 Å². The van der Waals surface area contributed by atoms with Gasteiger partial charge in [-0.05, 0) is 36.1 Å². The fourth-order valence-electron chi connectivity index (χ4n) is 2.51. The molecule has 1 aromatic carbocycles. The van der Waals surface area contributed by atoms with Gasteiger partial charge >= 0.3 is 0 Å². The molecule has 0 amide bonds. The van der Waals surface area contributed by atoms with E-state index in [1.165, 1.54) is 6.42 Å². The van der Waals surface area contributed by atoms with E-state index in [2.05, 4.69) is 24.8 Å². The maximum atomic E-state index is 10.2. The molecule has 0 aliphatic carbocycles. The number of rotatable bonds is 3. The zero-order chi connectivity index (χ0) is 13.2. The van der Waals surface area contributed by atoms with Gasteiger partial charge in [-0.2, -0.15) is 5.26 Å². The number of β-amino-alcohol motifs (C(OH)–C–C–N with tert-alkyl or cyclic N) is 1. The Kier molecular flexibility index (Phi) is 3.70. The molecule has 3 nitrogen and oxygen atoms in total. The maximum absolute atomic E-state index is 10.2.